The Morgan fingerprint density at radius 2 is 1.84 bits per heavy atom. The molecule has 0 radical (unpaired) electrons. The summed E-state index contributed by atoms with van der Waals surface area (Å²) in [5.41, 5.74) is 2.80. The maximum Gasteiger partial charge on any atom is 0.435 e. The fourth-order valence-electron chi connectivity index (χ4n) is 5.12. The number of carbonyl (C=O) groups is 1. The molecule has 1 atom stereocenters. The highest BCUT2D eigenvalue weighted by atomic mass is 32.1. The van der Waals surface area contributed by atoms with Gasteiger partial charge in [0.1, 0.15) is 15.6 Å². The number of benzene rings is 1. The molecule has 1 saturated heterocycles. The first-order chi connectivity index (χ1) is 21.2. The highest BCUT2D eigenvalue weighted by Gasteiger charge is 2.40. The number of nitrogens with zero attached hydrogens (tertiary/aromatic N) is 5. The Hall–Kier alpha value is -3.71. The van der Waals surface area contributed by atoms with Crippen molar-refractivity contribution < 1.29 is 22.7 Å². The van der Waals surface area contributed by atoms with Crippen molar-refractivity contribution in [3.63, 3.8) is 0 Å². The van der Waals surface area contributed by atoms with Gasteiger partial charge in [-0.05, 0) is 53.9 Å². The predicted molar refractivity (Wildman–Crippen MR) is 163 cm³/mol. The quantitative estimate of drug-likeness (QED) is 0.220. The van der Waals surface area contributed by atoms with Gasteiger partial charge in [0.25, 0.3) is 5.91 Å². The van der Waals surface area contributed by atoms with E-state index in [-0.39, 0.29) is 5.01 Å². The molecule has 4 heterocycles. The Morgan fingerprint density at radius 1 is 1.07 bits per heavy atom. The summed E-state index contributed by atoms with van der Waals surface area (Å²) in [4.78, 5) is 29.7. The van der Waals surface area contributed by atoms with Crippen LogP contribution in [0.15, 0.2) is 67.1 Å². The van der Waals surface area contributed by atoms with Gasteiger partial charge in [-0.1, -0.05) is 37.3 Å². The molecule has 232 valence electrons. The Kier molecular flexibility index (Phi) is 10.4. The first kappa shape index (κ1) is 31.7. The molecule has 1 aliphatic heterocycles. The standard InChI is InChI=1S/C32H35F3N6O2S/c1-3-40(19-23-9-12-36-13-10-23)21-26-8-5-11-37-27(26)31-39-29(32(33,34)35)28(44-31)30(42)38-22(2)25-7-4-6-24(18-25)20-41-14-16-43-17-15-41/h4-13,18,22H,3,14-17,19-21H2,1-2H3,(H,38,42). The van der Waals surface area contributed by atoms with Crippen molar-refractivity contribution >= 4 is 17.2 Å². The highest BCUT2D eigenvalue weighted by Crippen LogP contribution is 2.38. The van der Waals surface area contributed by atoms with Crippen LogP contribution in [0.3, 0.4) is 0 Å². The molecule has 1 amide bonds. The smallest absolute Gasteiger partial charge is 0.379 e. The average Bonchev–Trinajstić information content (AvgIpc) is 3.49. The number of morpholine rings is 1. The van der Waals surface area contributed by atoms with E-state index in [1.54, 1.807) is 25.4 Å². The maximum atomic E-state index is 14.2. The van der Waals surface area contributed by atoms with Gasteiger partial charge in [-0.15, -0.1) is 11.3 Å². The molecule has 5 rings (SSSR count). The largest absolute Gasteiger partial charge is 0.435 e. The van der Waals surface area contributed by atoms with Crippen LogP contribution < -0.4 is 5.32 Å². The monoisotopic (exact) mass is 624 g/mol. The van der Waals surface area contributed by atoms with Gasteiger partial charge in [0.15, 0.2) is 5.69 Å². The van der Waals surface area contributed by atoms with Crippen LogP contribution in [0, 0.1) is 0 Å². The number of aromatic nitrogens is 3. The summed E-state index contributed by atoms with van der Waals surface area (Å²) in [6, 6.07) is 14.7. The molecule has 3 aromatic heterocycles. The van der Waals surface area contributed by atoms with Gasteiger partial charge in [0.05, 0.1) is 19.3 Å². The van der Waals surface area contributed by atoms with Crippen molar-refractivity contribution in [2.24, 2.45) is 0 Å². The second kappa shape index (κ2) is 14.4. The number of rotatable bonds is 11. The second-order valence-electron chi connectivity index (χ2n) is 10.7. The van der Waals surface area contributed by atoms with Crippen molar-refractivity contribution in [2.75, 3.05) is 32.8 Å². The van der Waals surface area contributed by atoms with Crippen LogP contribution in [-0.4, -0.2) is 63.5 Å². The van der Waals surface area contributed by atoms with Gasteiger partial charge < -0.3 is 10.1 Å². The van der Waals surface area contributed by atoms with Crippen LogP contribution in [0.2, 0.25) is 0 Å². The SMILES string of the molecule is CCN(Cc1ccncc1)Cc1cccnc1-c1nc(C(F)(F)F)c(C(=O)NC(C)c2cccc(CN3CCOCC3)c2)s1. The van der Waals surface area contributed by atoms with E-state index in [4.69, 9.17) is 4.74 Å². The van der Waals surface area contributed by atoms with Crippen LogP contribution in [0.4, 0.5) is 13.2 Å². The molecule has 0 spiro atoms. The Balaban J connectivity index is 1.36. The van der Waals surface area contributed by atoms with E-state index in [0.29, 0.717) is 49.9 Å². The van der Waals surface area contributed by atoms with Gasteiger partial charge in [-0.25, -0.2) is 4.98 Å². The van der Waals surface area contributed by atoms with E-state index in [1.165, 1.54) is 6.20 Å². The molecule has 0 saturated carbocycles. The lowest BCUT2D eigenvalue weighted by molar-refractivity contribution is -0.141. The number of amides is 1. The molecule has 1 aliphatic rings. The van der Waals surface area contributed by atoms with Crippen LogP contribution in [0.1, 0.15) is 57.5 Å². The third-order valence-electron chi connectivity index (χ3n) is 7.50. The molecule has 8 nitrogen and oxygen atoms in total. The van der Waals surface area contributed by atoms with Gasteiger partial charge in [-0.2, -0.15) is 13.2 Å². The minimum absolute atomic E-state index is 0.0539. The number of hydrogen-bond acceptors (Lipinski definition) is 8. The molecule has 1 fully saturated rings. The lowest BCUT2D eigenvalue weighted by atomic mass is 10.0. The molecule has 12 heteroatoms. The predicted octanol–water partition coefficient (Wildman–Crippen LogP) is 5.96. The molecular formula is C32H35F3N6O2S. The summed E-state index contributed by atoms with van der Waals surface area (Å²) in [6.45, 7) is 9.36. The van der Waals surface area contributed by atoms with E-state index in [1.807, 2.05) is 49.4 Å². The van der Waals surface area contributed by atoms with E-state index in [9.17, 15) is 18.0 Å². The molecule has 1 unspecified atom stereocenters. The van der Waals surface area contributed by atoms with Gasteiger partial charge in [0.2, 0.25) is 0 Å². The molecule has 44 heavy (non-hydrogen) atoms. The zero-order valence-corrected chi connectivity index (χ0v) is 25.5. The van der Waals surface area contributed by atoms with Crippen molar-refractivity contribution in [1.29, 1.82) is 0 Å². The van der Waals surface area contributed by atoms with E-state index in [0.717, 1.165) is 41.9 Å². The van der Waals surface area contributed by atoms with Crippen LogP contribution in [0.25, 0.3) is 10.7 Å². The number of alkyl halides is 3. The molecule has 0 aliphatic carbocycles. The van der Waals surface area contributed by atoms with Crippen molar-refractivity contribution in [3.8, 4) is 10.7 Å². The Morgan fingerprint density at radius 3 is 2.57 bits per heavy atom. The number of ether oxygens (including phenoxy) is 1. The third kappa shape index (κ3) is 8.06. The van der Waals surface area contributed by atoms with Crippen LogP contribution >= 0.6 is 11.3 Å². The average molecular weight is 625 g/mol. The fourth-order valence-corrected chi connectivity index (χ4v) is 6.14. The summed E-state index contributed by atoms with van der Waals surface area (Å²) in [6.07, 6.45) is 0.165. The first-order valence-electron chi connectivity index (χ1n) is 14.5. The van der Waals surface area contributed by atoms with Crippen molar-refractivity contribution in [1.82, 2.24) is 30.1 Å². The molecule has 0 bridgehead atoms. The topological polar surface area (TPSA) is 83.5 Å². The van der Waals surface area contributed by atoms with Gasteiger partial charge >= 0.3 is 6.18 Å². The minimum atomic E-state index is -4.81. The summed E-state index contributed by atoms with van der Waals surface area (Å²) in [7, 11) is 0. The molecule has 1 N–H and O–H groups in total. The normalized spacial score (nSPS) is 15.0. The van der Waals surface area contributed by atoms with E-state index < -0.39 is 28.7 Å². The number of pyridine rings is 2. The van der Waals surface area contributed by atoms with Crippen molar-refractivity contribution in [2.45, 2.75) is 45.7 Å². The van der Waals surface area contributed by atoms with Gasteiger partial charge in [-0.3, -0.25) is 24.6 Å². The van der Waals surface area contributed by atoms with E-state index in [2.05, 4.69) is 30.1 Å². The summed E-state index contributed by atoms with van der Waals surface area (Å²) in [5, 5.41) is 2.82. The number of thiazole rings is 1. The second-order valence-corrected chi connectivity index (χ2v) is 11.7. The zero-order valence-electron chi connectivity index (χ0n) is 24.7. The number of hydrogen-bond donors (Lipinski definition) is 1. The van der Waals surface area contributed by atoms with Crippen LogP contribution in [-0.2, 0) is 30.5 Å². The van der Waals surface area contributed by atoms with Crippen LogP contribution in [0.5, 0.6) is 0 Å². The number of nitrogens with one attached hydrogen (secondary N) is 1. The fraction of sp³-hybridized carbons (Fsp3) is 0.375. The maximum absolute atomic E-state index is 14.2. The van der Waals surface area contributed by atoms with Crippen molar-refractivity contribution in [3.05, 3.63) is 99.9 Å². The van der Waals surface area contributed by atoms with E-state index >= 15 is 0 Å². The first-order valence-corrected chi connectivity index (χ1v) is 15.4. The number of halogens is 3. The van der Waals surface area contributed by atoms with Gasteiger partial charge in [0, 0.05) is 51.3 Å². The Labute approximate surface area is 258 Å². The third-order valence-corrected chi connectivity index (χ3v) is 8.56. The lowest BCUT2D eigenvalue weighted by Crippen LogP contribution is -2.35. The lowest BCUT2D eigenvalue weighted by Gasteiger charge is -2.27. The number of carbonyl (C=O) groups excluding carboxylic acids is 1. The summed E-state index contributed by atoms with van der Waals surface area (Å²) in [5.74, 6) is -0.822. The minimum Gasteiger partial charge on any atom is -0.379 e. The summed E-state index contributed by atoms with van der Waals surface area (Å²) >= 11 is 0.713. The molecular weight excluding hydrogens is 589 g/mol. The Bertz CT molecular complexity index is 1540. The summed E-state index contributed by atoms with van der Waals surface area (Å²) < 4.78 is 48.0. The molecule has 1 aromatic carbocycles. The zero-order chi connectivity index (χ0) is 31.1. The molecule has 4 aromatic rings. The highest BCUT2D eigenvalue weighted by molar-refractivity contribution is 7.17.